The predicted molar refractivity (Wildman–Crippen MR) is 118 cm³/mol. The van der Waals surface area contributed by atoms with Crippen LogP contribution in [0.15, 0.2) is 28.7 Å². The standard InChI is InChI=1S/C19H21N5O2S3/c1-12-3-4-15(18-17(12)14(9-20)10-21-18)23-29(26)16-11-22-19(27-16)13-5-7-24(8-6-13)28(2)25/h3-4,10-11,13,21,23H,5-8H2,1-2H3. The maximum absolute atomic E-state index is 12.9. The van der Waals surface area contributed by atoms with E-state index in [4.69, 9.17) is 0 Å². The fraction of sp³-hybridized carbons (Fsp3) is 0.368. The molecule has 10 heteroatoms. The Labute approximate surface area is 178 Å². The van der Waals surface area contributed by atoms with E-state index in [9.17, 15) is 13.7 Å². The van der Waals surface area contributed by atoms with Crippen LogP contribution in [0.4, 0.5) is 5.69 Å². The molecule has 0 aliphatic carbocycles. The zero-order valence-corrected chi connectivity index (χ0v) is 18.5. The molecule has 2 N–H and O–H groups in total. The number of piperidine rings is 1. The number of rotatable bonds is 5. The number of aromatic nitrogens is 2. The van der Waals surface area contributed by atoms with Gasteiger partial charge in [-0.1, -0.05) is 6.07 Å². The van der Waals surface area contributed by atoms with Gasteiger partial charge in [-0.3, -0.25) is 4.72 Å². The highest BCUT2D eigenvalue weighted by molar-refractivity contribution is 7.88. The molecule has 7 nitrogen and oxygen atoms in total. The number of benzene rings is 1. The van der Waals surface area contributed by atoms with Gasteiger partial charge in [0.1, 0.15) is 10.3 Å². The molecule has 1 aliphatic heterocycles. The molecule has 1 aliphatic rings. The van der Waals surface area contributed by atoms with Crippen LogP contribution in [0.1, 0.15) is 34.9 Å². The highest BCUT2D eigenvalue weighted by atomic mass is 32.2. The van der Waals surface area contributed by atoms with Gasteiger partial charge in [0.15, 0.2) is 11.0 Å². The van der Waals surface area contributed by atoms with E-state index in [-0.39, 0.29) is 0 Å². The van der Waals surface area contributed by atoms with Crippen molar-refractivity contribution in [3.05, 3.63) is 40.7 Å². The Balaban J connectivity index is 1.50. The van der Waals surface area contributed by atoms with Crippen LogP contribution < -0.4 is 4.72 Å². The third-order valence-corrected chi connectivity index (χ3v) is 8.85. The molecule has 1 aromatic carbocycles. The van der Waals surface area contributed by atoms with Gasteiger partial charge in [0.2, 0.25) is 0 Å². The highest BCUT2D eigenvalue weighted by Gasteiger charge is 2.25. The molecule has 2 atom stereocenters. The van der Waals surface area contributed by atoms with Crippen LogP contribution in [0.5, 0.6) is 0 Å². The van der Waals surface area contributed by atoms with E-state index in [0.717, 1.165) is 47.4 Å². The number of fused-ring (bicyclic) bond motifs is 1. The van der Waals surface area contributed by atoms with Crippen molar-refractivity contribution in [3.63, 3.8) is 0 Å². The molecular formula is C19H21N5O2S3. The summed E-state index contributed by atoms with van der Waals surface area (Å²) in [4.78, 5) is 7.62. The van der Waals surface area contributed by atoms with Gasteiger partial charge in [0, 0.05) is 36.8 Å². The van der Waals surface area contributed by atoms with Gasteiger partial charge >= 0.3 is 0 Å². The molecule has 152 valence electrons. The lowest BCUT2D eigenvalue weighted by molar-refractivity contribution is 0.335. The number of hydrogen-bond donors (Lipinski definition) is 2. The van der Waals surface area contributed by atoms with Crippen molar-refractivity contribution in [2.75, 3.05) is 24.1 Å². The number of nitrogens with zero attached hydrogens (tertiary/aromatic N) is 3. The number of aromatic amines is 1. The molecule has 0 radical (unpaired) electrons. The number of hydrogen-bond acceptors (Lipinski definition) is 5. The molecule has 0 spiro atoms. The molecule has 29 heavy (non-hydrogen) atoms. The van der Waals surface area contributed by atoms with E-state index in [1.54, 1.807) is 18.6 Å². The van der Waals surface area contributed by atoms with Gasteiger partial charge in [0.25, 0.3) is 0 Å². The van der Waals surface area contributed by atoms with E-state index in [2.05, 4.69) is 20.8 Å². The number of anilines is 1. The summed E-state index contributed by atoms with van der Waals surface area (Å²) in [6.45, 7) is 3.53. The lowest BCUT2D eigenvalue weighted by atomic mass is 9.99. The lowest BCUT2D eigenvalue weighted by Gasteiger charge is -2.28. The van der Waals surface area contributed by atoms with Gasteiger partial charge in [0.05, 0.1) is 39.0 Å². The van der Waals surface area contributed by atoms with Gasteiger partial charge in [-0.05, 0) is 31.4 Å². The molecule has 0 saturated carbocycles. The second-order valence-electron chi connectivity index (χ2n) is 7.01. The normalized spacial score (nSPS) is 17.8. The van der Waals surface area contributed by atoms with E-state index in [1.807, 2.05) is 23.4 Å². The quantitative estimate of drug-likeness (QED) is 0.626. The molecule has 2 unspecified atom stereocenters. The number of nitrogens with one attached hydrogen (secondary N) is 2. The highest BCUT2D eigenvalue weighted by Crippen LogP contribution is 2.34. The van der Waals surface area contributed by atoms with Crippen molar-refractivity contribution in [2.24, 2.45) is 0 Å². The summed E-state index contributed by atoms with van der Waals surface area (Å²) >= 11 is 1.46. The average Bonchev–Trinajstić information content (AvgIpc) is 3.38. The Hall–Kier alpha value is -2.06. The minimum absolute atomic E-state index is 0.318. The Bertz CT molecular complexity index is 1140. The minimum atomic E-state index is -1.44. The summed E-state index contributed by atoms with van der Waals surface area (Å²) in [6, 6.07) is 5.97. The first-order chi connectivity index (χ1) is 14.0. The minimum Gasteiger partial charge on any atom is -0.358 e. The SMILES string of the molecule is Cc1ccc(NS(=O)c2cnc(C3CCN(S(C)=O)CC3)s2)c2[nH]cc(C#N)c12. The molecule has 1 fully saturated rings. The van der Waals surface area contributed by atoms with Crippen molar-refractivity contribution < 1.29 is 8.42 Å². The fourth-order valence-corrected chi connectivity index (χ4v) is 6.50. The molecule has 0 amide bonds. The Morgan fingerprint density at radius 3 is 2.79 bits per heavy atom. The summed E-state index contributed by atoms with van der Waals surface area (Å²) in [5.41, 5.74) is 3.04. The summed E-state index contributed by atoms with van der Waals surface area (Å²) in [5.74, 6) is 0.318. The lowest BCUT2D eigenvalue weighted by Crippen LogP contribution is -2.33. The van der Waals surface area contributed by atoms with Crippen molar-refractivity contribution >= 4 is 49.9 Å². The molecule has 4 rings (SSSR count). The maximum Gasteiger partial charge on any atom is 0.162 e. The second-order valence-corrected chi connectivity index (χ2v) is 10.9. The van der Waals surface area contributed by atoms with Crippen LogP contribution in [-0.2, 0) is 22.0 Å². The van der Waals surface area contributed by atoms with E-state index in [1.165, 1.54) is 11.3 Å². The zero-order valence-electron chi connectivity index (χ0n) is 16.1. The Morgan fingerprint density at radius 2 is 2.10 bits per heavy atom. The topological polar surface area (TPSA) is 102 Å². The summed E-state index contributed by atoms with van der Waals surface area (Å²) in [5, 5.41) is 11.1. The molecule has 2 aromatic heterocycles. The number of aryl methyl sites for hydroxylation is 1. The molecule has 3 aromatic rings. The van der Waals surface area contributed by atoms with Crippen LogP contribution in [-0.4, -0.2) is 42.0 Å². The second kappa shape index (κ2) is 8.36. The van der Waals surface area contributed by atoms with Crippen LogP contribution in [0.3, 0.4) is 0 Å². The third-order valence-electron chi connectivity index (χ3n) is 5.22. The molecule has 0 bridgehead atoms. The first-order valence-electron chi connectivity index (χ1n) is 9.21. The zero-order chi connectivity index (χ0) is 20.5. The Kier molecular flexibility index (Phi) is 5.83. The van der Waals surface area contributed by atoms with Crippen LogP contribution in [0, 0.1) is 18.3 Å². The van der Waals surface area contributed by atoms with Crippen LogP contribution in [0.2, 0.25) is 0 Å². The third kappa shape index (κ3) is 4.00. The van der Waals surface area contributed by atoms with Gasteiger partial charge < -0.3 is 4.98 Å². The smallest absolute Gasteiger partial charge is 0.162 e. The first kappa shape index (κ1) is 20.2. The van der Waals surface area contributed by atoms with Gasteiger partial charge in [-0.2, -0.15) is 5.26 Å². The largest absolute Gasteiger partial charge is 0.358 e. The molecule has 3 heterocycles. The van der Waals surface area contributed by atoms with Crippen molar-refractivity contribution in [2.45, 2.75) is 29.9 Å². The molecule has 1 saturated heterocycles. The first-order valence-corrected chi connectivity index (χ1v) is 12.7. The Morgan fingerprint density at radius 1 is 1.34 bits per heavy atom. The van der Waals surface area contributed by atoms with Crippen molar-refractivity contribution in [3.8, 4) is 6.07 Å². The van der Waals surface area contributed by atoms with Gasteiger partial charge in [-0.15, -0.1) is 11.3 Å². The van der Waals surface area contributed by atoms with Crippen LogP contribution in [0.25, 0.3) is 10.9 Å². The molecular weight excluding hydrogens is 426 g/mol. The maximum atomic E-state index is 12.9. The van der Waals surface area contributed by atoms with E-state index < -0.39 is 22.0 Å². The summed E-state index contributed by atoms with van der Waals surface area (Å²) < 4.78 is 30.2. The van der Waals surface area contributed by atoms with Crippen LogP contribution >= 0.6 is 11.3 Å². The van der Waals surface area contributed by atoms with Crippen molar-refractivity contribution in [1.82, 2.24) is 14.3 Å². The monoisotopic (exact) mass is 447 g/mol. The predicted octanol–water partition coefficient (Wildman–Crippen LogP) is 3.41. The average molecular weight is 448 g/mol. The fourth-order valence-electron chi connectivity index (χ4n) is 3.65. The van der Waals surface area contributed by atoms with Crippen molar-refractivity contribution in [1.29, 1.82) is 5.26 Å². The van der Waals surface area contributed by atoms with E-state index >= 15 is 0 Å². The van der Waals surface area contributed by atoms with E-state index in [0.29, 0.717) is 21.4 Å². The number of nitriles is 1. The van der Waals surface area contributed by atoms with Gasteiger partial charge in [-0.25, -0.2) is 17.7 Å². The number of H-pyrrole nitrogens is 1. The number of thiazole rings is 1. The summed E-state index contributed by atoms with van der Waals surface area (Å²) in [7, 11) is -2.37. The summed E-state index contributed by atoms with van der Waals surface area (Å²) in [6.07, 6.45) is 6.87.